The molecule has 0 saturated heterocycles. The summed E-state index contributed by atoms with van der Waals surface area (Å²) < 4.78 is 0. The smallest absolute Gasteiger partial charge is 0.255 e. The fourth-order valence-corrected chi connectivity index (χ4v) is 4.60. The molecular formula is C28H30ClNO4. The van der Waals surface area contributed by atoms with Crippen molar-refractivity contribution in [1.82, 2.24) is 5.32 Å². The van der Waals surface area contributed by atoms with E-state index in [9.17, 15) is 19.5 Å². The largest absolute Gasteiger partial charge is 0.507 e. The Bertz CT molecular complexity index is 1180. The summed E-state index contributed by atoms with van der Waals surface area (Å²) in [5.74, 6) is -0.677. The lowest BCUT2D eigenvalue weighted by Crippen LogP contribution is -2.28. The number of phenols is 1. The van der Waals surface area contributed by atoms with Crippen LogP contribution in [0.5, 0.6) is 5.75 Å². The fraction of sp³-hybridized carbons (Fsp3) is 0.321. The van der Waals surface area contributed by atoms with E-state index in [2.05, 4.69) is 5.32 Å². The number of para-hydroxylation sites is 1. The molecule has 1 amide bonds. The lowest BCUT2D eigenvalue weighted by atomic mass is 9.76. The molecule has 1 atom stereocenters. The average molecular weight is 480 g/mol. The van der Waals surface area contributed by atoms with E-state index in [-0.39, 0.29) is 34.7 Å². The molecule has 0 saturated carbocycles. The van der Waals surface area contributed by atoms with Crippen LogP contribution in [-0.4, -0.2) is 29.1 Å². The molecule has 1 aliphatic carbocycles. The first kappa shape index (κ1) is 25.4. The highest BCUT2D eigenvalue weighted by Crippen LogP contribution is 2.34. The lowest BCUT2D eigenvalue weighted by molar-refractivity contribution is -0.116. The van der Waals surface area contributed by atoms with Crippen LogP contribution in [0.1, 0.15) is 56.0 Å². The van der Waals surface area contributed by atoms with Crippen molar-refractivity contribution in [2.45, 2.75) is 46.5 Å². The Hall–Kier alpha value is -3.18. The van der Waals surface area contributed by atoms with E-state index in [0.29, 0.717) is 53.1 Å². The molecule has 0 fully saturated rings. The number of carbonyl (C=O) groups excluding carboxylic acids is 3. The minimum Gasteiger partial charge on any atom is -0.507 e. The van der Waals surface area contributed by atoms with Gasteiger partial charge in [-0.25, -0.2) is 0 Å². The second kappa shape index (κ2) is 11.3. The molecule has 0 heterocycles. The van der Waals surface area contributed by atoms with Gasteiger partial charge in [-0.15, -0.1) is 0 Å². The van der Waals surface area contributed by atoms with Crippen LogP contribution >= 0.6 is 11.6 Å². The van der Waals surface area contributed by atoms with Crippen molar-refractivity contribution in [3.8, 4) is 5.75 Å². The van der Waals surface area contributed by atoms with Crippen LogP contribution in [0.15, 0.2) is 70.8 Å². The van der Waals surface area contributed by atoms with Crippen molar-refractivity contribution in [3.63, 3.8) is 0 Å². The molecule has 3 rings (SSSR count). The van der Waals surface area contributed by atoms with Crippen molar-refractivity contribution >= 4 is 29.1 Å². The van der Waals surface area contributed by atoms with Crippen LogP contribution in [-0.2, 0) is 16.0 Å². The average Bonchev–Trinajstić information content (AvgIpc) is 2.82. The lowest BCUT2D eigenvalue weighted by Gasteiger charge is -2.26. The second-order valence-corrected chi connectivity index (χ2v) is 9.16. The Labute approximate surface area is 205 Å². The number of hydrogen-bond donors (Lipinski definition) is 2. The quantitative estimate of drug-likeness (QED) is 0.361. The summed E-state index contributed by atoms with van der Waals surface area (Å²) >= 11 is 6.13. The Morgan fingerprint density at radius 2 is 1.65 bits per heavy atom. The number of amides is 1. The number of Topliss-reactive ketones (excluding diaryl/α,β-unsaturated/α-hetero) is 2. The molecule has 178 valence electrons. The van der Waals surface area contributed by atoms with Gasteiger partial charge in [0, 0.05) is 33.9 Å². The third kappa shape index (κ3) is 5.84. The van der Waals surface area contributed by atoms with Gasteiger partial charge in [0.2, 0.25) is 0 Å². The number of aryl methyl sites for hydroxylation is 1. The van der Waals surface area contributed by atoms with Crippen molar-refractivity contribution in [2.75, 3.05) is 6.54 Å². The van der Waals surface area contributed by atoms with Gasteiger partial charge < -0.3 is 10.4 Å². The summed E-state index contributed by atoms with van der Waals surface area (Å²) in [5, 5.41) is 13.4. The van der Waals surface area contributed by atoms with Crippen LogP contribution in [0.4, 0.5) is 0 Å². The van der Waals surface area contributed by atoms with E-state index in [0.717, 1.165) is 12.0 Å². The number of phenolic OH excluding ortho intramolecular Hbond substituents is 1. The monoisotopic (exact) mass is 479 g/mol. The summed E-state index contributed by atoms with van der Waals surface area (Å²) in [6, 6.07) is 14.0. The first-order chi connectivity index (χ1) is 16.2. The summed E-state index contributed by atoms with van der Waals surface area (Å²) in [6.07, 6.45) is 2.67. The zero-order chi connectivity index (χ0) is 24.8. The molecule has 0 aliphatic heterocycles. The zero-order valence-corrected chi connectivity index (χ0v) is 20.5. The summed E-state index contributed by atoms with van der Waals surface area (Å²) in [5.41, 5.74) is 3.41. The van der Waals surface area contributed by atoms with Crippen LogP contribution in [0, 0.1) is 5.92 Å². The minimum absolute atomic E-state index is 0.0656. The molecule has 0 radical (unpaired) electrons. The molecule has 34 heavy (non-hydrogen) atoms. The number of carbonyl (C=O) groups is 3. The van der Waals surface area contributed by atoms with Gasteiger partial charge in [-0.3, -0.25) is 14.4 Å². The van der Waals surface area contributed by atoms with E-state index < -0.39 is 0 Å². The molecule has 0 aromatic heterocycles. The first-order valence-corrected chi connectivity index (χ1v) is 11.9. The topological polar surface area (TPSA) is 83.5 Å². The predicted octanol–water partition coefficient (Wildman–Crippen LogP) is 5.61. The van der Waals surface area contributed by atoms with Gasteiger partial charge in [-0.1, -0.05) is 35.9 Å². The third-order valence-corrected chi connectivity index (χ3v) is 6.71. The summed E-state index contributed by atoms with van der Waals surface area (Å²) in [7, 11) is 0. The normalized spacial score (nSPS) is 15.1. The van der Waals surface area contributed by atoms with Crippen LogP contribution in [0.25, 0.3) is 0 Å². The van der Waals surface area contributed by atoms with E-state index in [1.54, 1.807) is 39.0 Å². The highest BCUT2D eigenvalue weighted by Gasteiger charge is 2.32. The predicted molar refractivity (Wildman–Crippen MR) is 134 cm³/mol. The number of nitrogens with one attached hydrogen (secondary N) is 1. The van der Waals surface area contributed by atoms with Crippen molar-refractivity contribution in [2.24, 2.45) is 5.92 Å². The fourth-order valence-electron chi connectivity index (χ4n) is 4.39. The van der Waals surface area contributed by atoms with Gasteiger partial charge in [0.1, 0.15) is 5.75 Å². The molecule has 6 heteroatoms. The number of rotatable bonds is 9. The molecule has 5 nitrogen and oxygen atoms in total. The third-order valence-electron chi connectivity index (χ3n) is 6.48. The Morgan fingerprint density at radius 1 is 0.941 bits per heavy atom. The maximum atomic E-state index is 13.2. The van der Waals surface area contributed by atoms with Crippen LogP contribution in [0.3, 0.4) is 0 Å². The van der Waals surface area contributed by atoms with Gasteiger partial charge >= 0.3 is 0 Å². The molecule has 0 spiro atoms. The number of hydrogen-bond acceptors (Lipinski definition) is 4. The Kier molecular flexibility index (Phi) is 8.46. The van der Waals surface area contributed by atoms with Gasteiger partial charge in [-0.2, -0.15) is 0 Å². The van der Waals surface area contributed by atoms with E-state index in [1.807, 2.05) is 24.3 Å². The van der Waals surface area contributed by atoms with Gasteiger partial charge in [0.15, 0.2) is 11.6 Å². The maximum absolute atomic E-state index is 13.2. The summed E-state index contributed by atoms with van der Waals surface area (Å²) in [6.45, 7) is 5.54. The molecule has 2 aromatic carbocycles. The molecular weight excluding hydrogens is 450 g/mol. The van der Waals surface area contributed by atoms with Crippen LogP contribution in [0.2, 0.25) is 5.02 Å². The number of halogens is 1. The highest BCUT2D eigenvalue weighted by atomic mass is 35.5. The standard InChI is InChI=1S/C28H30ClNO4/c1-17-18(2)27(33)25(19(3)26(17)32)21(14-13-20-8-6-10-22(29)16-20)9-7-15-30-28(34)23-11-4-5-12-24(23)31/h4-6,8,10-12,16,21,31H,7,9,13-15H2,1-3H3,(H,30,34). The van der Waals surface area contributed by atoms with E-state index in [1.165, 1.54) is 6.07 Å². The molecule has 0 bridgehead atoms. The van der Waals surface area contributed by atoms with Gasteiger partial charge in [0.25, 0.3) is 5.91 Å². The zero-order valence-electron chi connectivity index (χ0n) is 19.8. The van der Waals surface area contributed by atoms with Crippen molar-refractivity contribution in [3.05, 3.63) is 87.0 Å². The van der Waals surface area contributed by atoms with Gasteiger partial charge in [-0.05, 0) is 82.2 Å². The number of allylic oxidation sites excluding steroid dienone is 4. The Balaban J connectivity index is 1.73. The van der Waals surface area contributed by atoms with Crippen LogP contribution < -0.4 is 5.32 Å². The minimum atomic E-state index is -0.345. The number of benzene rings is 2. The molecule has 2 aromatic rings. The number of aromatic hydroxyl groups is 1. The van der Waals surface area contributed by atoms with E-state index >= 15 is 0 Å². The van der Waals surface area contributed by atoms with Gasteiger partial charge in [0.05, 0.1) is 5.56 Å². The summed E-state index contributed by atoms with van der Waals surface area (Å²) in [4.78, 5) is 38.3. The van der Waals surface area contributed by atoms with E-state index in [4.69, 9.17) is 11.6 Å². The number of ketones is 2. The van der Waals surface area contributed by atoms with Crippen molar-refractivity contribution in [1.29, 1.82) is 0 Å². The molecule has 2 N–H and O–H groups in total. The highest BCUT2D eigenvalue weighted by molar-refractivity contribution is 6.30. The van der Waals surface area contributed by atoms with Crippen molar-refractivity contribution < 1.29 is 19.5 Å². The second-order valence-electron chi connectivity index (χ2n) is 8.73. The molecule has 1 unspecified atom stereocenters. The molecule has 1 aliphatic rings. The first-order valence-electron chi connectivity index (χ1n) is 11.5. The SMILES string of the molecule is CC1=C(C)C(=O)C(C(CCCNC(=O)c2ccccc2O)CCc2cccc(Cl)c2)=C(C)C1=O. The maximum Gasteiger partial charge on any atom is 0.255 e. The Morgan fingerprint density at radius 3 is 2.35 bits per heavy atom.